The van der Waals surface area contributed by atoms with E-state index in [-0.39, 0.29) is 23.2 Å². The van der Waals surface area contributed by atoms with E-state index >= 15 is 0 Å². The summed E-state index contributed by atoms with van der Waals surface area (Å²) in [7, 11) is 0. The molecule has 164 valence electrons. The summed E-state index contributed by atoms with van der Waals surface area (Å²) in [5.41, 5.74) is 1.30. The Bertz CT molecular complexity index is 1080. The number of halogens is 1. The highest BCUT2D eigenvalue weighted by atomic mass is 79.9. The molecule has 0 spiro atoms. The topological polar surface area (TPSA) is 51.5 Å². The summed E-state index contributed by atoms with van der Waals surface area (Å²) in [4.78, 5) is 29.1. The summed E-state index contributed by atoms with van der Waals surface area (Å²) in [6.07, 6.45) is 3.94. The van der Waals surface area contributed by atoms with Gasteiger partial charge in [0.25, 0.3) is 0 Å². The number of nitrogens with zero attached hydrogens (tertiary/aromatic N) is 2. The van der Waals surface area contributed by atoms with Gasteiger partial charge < -0.3 is 9.64 Å². The average molecular weight is 522 g/mol. The number of amides is 1. The molecule has 1 saturated heterocycles. The van der Waals surface area contributed by atoms with Gasteiger partial charge in [-0.3, -0.25) is 14.2 Å². The molecule has 6 rings (SSSR count). The smallest absolute Gasteiger partial charge is 0.308 e. The van der Waals surface area contributed by atoms with Crippen molar-refractivity contribution in [2.45, 2.75) is 42.0 Å². The molecular formula is C23H25BrN2O3S2. The second-order valence-electron chi connectivity index (χ2n) is 9.14. The summed E-state index contributed by atoms with van der Waals surface area (Å²) < 4.78 is 8.23. The third-order valence-corrected chi connectivity index (χ3v) is 10.9. The van der Waals surface area contributed by atoms with Crippen molar-refractivity contribution < 1.29 is 9.53 Å². The summed E-state index contributed by atoms with van der Waals surface area (Å²) >= 11 is 6.91. The van der Waals surface area contributed by atoms with Crippen molar-refractivity contribution in [1.29, 1.82) is 0 Å². The number of ether oxygens (including phenoxy) is 1. The zero-order valence-corrected chi connectivity index (χ0v) is 20.4. The number of morpholine rings is 1. The molecule has 1 amide bonds. The predicted octanol–water partition coefficient (Wildman–Crippen LogP) is 4.18. The molecule has 31 heavy (non-hydrogen) atoms. The van der Waals surface area contributed by atoms with Crippen LogP contribution in [0, 0.1) is 17.8 Å². The molecule has 0 N–H and O–H groups in total. The van der Waals surface area contributed by atoms with E-state index in [1.54, 1.807) is 4.57 Å². The third-order valence-electron chi connectivity index (χ3n) is 7.56. The van der Waals surface area contributed by atoms with Crippen LogP contribution in [0.4, 0.5) is 0 Å². The number of thioether (sulfide) groups is 1. The normalized spacial score (nSPS) is 31.5. The molecule has 5 atom stereocenters. The molecule has 5 nitrogen and oxygen atoms in total. The number of carbonyl (C=O) groups is 1. The van der Waals surface area contributed by atoms with Gasteiger partial charge in [0.1, 0.15) is 6.54 Å². The van der Waals surface area contributed by atoms with Crippen LogP contribution < -0.4 is 4.87 Å². The fourth-order valence-corrected chi connectivity index (χ4v) is 9.78. The lowest BCUT2D eigenvalue weighted by molar-refractivity contribution is -0.136. The number of carbonyl (C=O) groups excluding carboxylic acids is 1. The molecule has 5 unspecified atom stereocenters. The zero-order valence-electron chi connectivity index (χ0n) is 17.2. The lowest BCUT2D eigenvalue weighted by Gasteiger charge is -2.40. The Morgan fingerprint density at radius 2 is 2.00 bits per heavy atom. The third kappa shape index (κ3) is 3.45. The van der Waals surface area contributed by atoms with E-state index in [0.29, 0.717) is 37.5 Å². The first kappa shape index (κ1) is 20.5. The summed E-state index contributed by atoms with van der Waals surface area (Å²) in [5, 5.41) is 1.60. The van der Waals surface area contributed by atoms with Gasteiger partial charge in [-0.05, 0) is 54.7 Å². The van der Waals surface area contributed by atoms with Crippen molar-refractivity contribution in [2.24, 2.45) is 17.8 Å². The van der Waals surface area contributed by atoms with Gasteiger partial charge >= 0.3 is 4.87 Å². The Kier molecular flexibility index (Phi) is 5.32. The molecule has 1 aromatic carbocycles. The molecule has 2 saturated carbocycles. The SMILES string of the molecule is O=C(Cn1c2c(sc1=O)C(c1cccc(Br)c1)C1C3CCC(C3)C1S2)N1CCOCC1. The molecule has 2 aromatic rings. The molecule has 0 radical (unpaired) electrons. The first-order valence-electron chi connectivity index (χ1n) is 11.1. The maximum absolute atomic E-state index is 13.1. The van der Waals surface area contributed by atoms with Crippen molar-refractivity contribution in [3.63, 3.8) is 0 Å². The fraction of sp³-hybridized carbons (Fsp3) is 0.565. The Hall–Kier alpha value is -1.09. The van der Waals surface area contributed by atoms with Crippen LogP contribution in [0.15, 0.2) is 38.6 Å². The van der Waals surface area contributed by atoms with Crippen LogP contribution in [0.1, 0.15) is 35.6 Å². The Balaban J connectivity index is 1.41. The van der Waals surface area contributed by atoms with E-state index in [1.165, 1.54) is 41.0 Å². The molecule has 2 aliphatic heterocycles. The van der Waals surface area contributed by atoms with Crippen molar-refractivity contribution in [2.75, 3.05) is 26.3 Å². The highest BCUT2D eigenvalue weighted by molar-refractivity contribution is 9.10. The van der Waals surface area contributed by atoms with E-state index < -0.39 is 0 Å². The minimum Gasteiger partial charge on any atom is -0.378 e. The standard InChI is InChI=1S/C23H25BrN2O3S2/c24-16-3-1-2-13(11-16)19-18-14-4-5-15(10-14)20(18)30-22-21(19)31-23(28)26(22)12-17(27)25-6-8-29-9-7-25/h1-3,11,14-15,18-20H,4-10,12H2. The Labute approximate surface area is 198 Å². The number of hydrogen-bond donors (Lipinski definition) is 0. The molecule has 3 fully saturated rings. The van der Waals surface area contributed by atoms with Crippen molar-refractivity contribution in [3.05, 3.63) is 48.8 Å². The van der Waals surface area contributed by atoms with Crippen LogP contribution in [0.3, 0.4) is 0 Å². The number of aromatic nitrogens is 1. The molecule has 2 aliphatic carbocycles. The minimum atomic E-state index is 0.00595. The number of rotatable bonds is 3. The number of hydrogen-bond acceptors (Lipinski definition) is 5. The van der Waals surface area contributed by atoms with Gasteiger partial charge in [-0.15, -0.1) is 11.8 Å². The number of benzene rings is 1. The maximum Gasteiger partial charge on any atom is 0.308 e. The van der Waals surface area contributed by atoms with Crippen LogP contribution in [-0.4, -0.2) is 46.9 Å². The largest absolute Gasteiger partial charge is 0.378 e. The Morgan fingerprint density at radius 1 is 1.19 bits per heavy atom. The minimum absolute atomic E-state index is 0.00595. The molecule has 2 bridgehead atoms. The second kappa shape index (κ2) is 8.04. The van der Waals surface area contributed by atoms with Crippen LogP contribution in [0.2, 0.25) is 0 Å². The van der Waals surface area contributed by atoms with Crippen LogP contribution in [0.25, 0.3) is 0 Å². The average Bonchev–Trinajstić information content (AvgIpc) is 3.47. The number of fused-ring (bicyclic) bond motifs is 6. The first-order valence-corrected chi connectivity index (χ1v) is 13.6. The van der Waals surface area contributed by atoms with E-state index in [9.17, 15) is 9.59 Å². The van der Waals surface area contributed by atoms with Gasteiger partial charge in [-0.2, -0.15) is 0 Å². The second-order valence-corrected chi connectivity index (χ2v) is 12.2. The van der Waals surface area contributed by atoms with Crippen molar-refractivity contribution in [3.8, 4) is 0 Å². The van der Waals surface area contributed by atoms with E-state index in [4.69, 9.17) is 4.74 Å². The van der Waals surface area contributed by atoms with E-state index in [2.05, 4.69) is 40.2 Å². The van der Waals surface area contributed by atoms with Gasteiger partial charge in [0.2, 0.25) is 5.91 Å². The Morgan fingerprint density at radius 3 is 2.81 bits per heavy atom. The molecular weight excluding hydrogens is 496 g/mol. The van der Waals surface area contributed by atoms with E-state index in [0.717, 1.165) is 21.3 Å². The monoisotopic (exact) mass is 520 g/mol. The zero-order chi connectivity index (χ0) is 21.1. The highest BCUT2D eigenvalue weighted by Gasteiger charge is 2.55. The highest BCUT2D eigenvalue weighted by Crippen LogP contribution is 2.64. The molecule has 1 aromatic heterocycles. The first-order chi connectivity index (χ1) is 15.1. The van der Waals surface area contributed by atoms with Gasteiger partial charge in [0, 0.05) is 33.6 Å². The lowest BCUT2D eigenvalue weighted by Crippen LogP contribution is -2.43. The molecule has 4 aliphatic rings. The van der Waals surface area contributed by atoms with Crippen LogP contribution in [0.5, 0.6) is 0 Å². The molecule has 8 heteroatoms. The van der Waals surface area contributed by atoms with E-state index in [1.807, 2.05) is 16.7 Å². The van der Waals surface area contributed by atoms with Crippen molar-refractivity contribution in [1.82, 2.24) is 9.47 Å². The van der Waals surface area contributed by atoms with Gasteiger partial charge in [0.05, 0.1) is 18.2 Å². The fourth-order valence-electron chi connectivity index (χ4n) is 6.21. The lowest BCUT2D eigenvalue weighted by atomic mass is 9.75. The summed E-state index contributed by atoms with van der Waals surface area (Å²) in [5.74, 6) is 2.36. The summed E-state index contributed by atoms with van der Waals surface area (Å²) in [6.45, 7) is 2.53. The predicted molar refractivity (Wildman–Crippen MR) is 126 cm³/mol. The van der Waals surface area contributed by atoms with Gasteiger partial charge in [0.15, 0.2) is 0 Å². The molecule has 3 heterocycles. The number of thiazole rings is 1. The quantitative estimate of drug-likeness (QED) is 0.608. The van der Waals surface area contributed by atoms with Gasteiger partial charge in [-0.25, -0.2) is 0 Å². The van der Waals surface area contributed by atoms with Crippen LogP contribution >= 0.6 is 39.0 Å². The van der Waals surface area contributed by atoms with Crippen LogP contribution in [-0.2, 0) is 16.1 Å². The maximum atomic E-state index is 13.1. The van der Waals surface area contributed by atoms with Crippen molar-refractivity contribution >= 4 is 44.9 Å². The van der Waals surface area contributed by atoms with Gasteiger partial charge in [-0.1, -0.05) is 39.4 Å². The summed E-state index contributed by atoms with van der Waals surface area (Å²) in [6, 6.07) is 8.60.